The third-order valence-electron chi connectivity index (χ3n) is 4.43. The Kier molecular flexibility index (Phi) is 5.42. The van der Waals surface area contributed by atoms with Gasteiger partial charge >= 0.3 is 0 Å². The molecule has 2 N–H and O–H groups in total. The molecule has 7 heteroatoms. The second-order valence-electron chi connectivity index (χ2n) is 6.24. The Hall–Kier alpha value is -1.11. The highest BCUT2D eigenvalue weighted by molar-refractivity contribution is 7.91. The Morgan fingerprint density at radius 3 is 2.64 bits per heavy atom. The van der Waals surface area contributed by atoms with Gasteiger partial charge in [-0.05, 0) is 37.1 Å². The average Bonchev–Trinajstić information content (AvgIpc) is 2.84. The number of benzene rings is 2. The first-order valence-electron chi connectivity index (χ1n) is 7.99. The molecule has 0 aliphatic carbocycles. The number of aryl methyl sites for hydroxylation is 1. The van der Waals surface area contributed by atoms with Gasteiger partial charge in [-0.2, -0.15) is 0 Å². The largest absolute Gasteiger partial charge is 0.388 e. The first-order valence-corrected chi connectivity index (χ1v) is 10.4. The summed E-state index contributed by atoms with van der Waals surface area (Å²) < 4.78 is 25.0. The Morgan fingerprint density at radius 2 is 1.96 bits per heavy atom. The molecule has 1 aliphatic heterocycles. The molecule has 2 aromatic rings. The smallest absolute Gasteiger partial charge is 0.180 e. The van der Waals surface area contributed by atoms with Crippen molar-refractivity contribution in [3.63, 3.8) is 0 Å². The molecule has 0 saturated heterocycles. The highest BCUT2D eigenvalue weighted by Gasteiger charge is 2.38. The topological polar surface area (TPSA) is 66.4 Å². The van der Waals surface area contributed by atoms with Crippen LogP contribution < -0.4 is 5.32 Å². The van der Waals surface area contributed by atoms with E-state index in [1.54, 1.807) is 13.0 Å². The van der Waals surface area contributed by atoms with Crippen LogP contribution in [0.25, 0.3) is 0 Å². The standard InChI is InChI=1S/C18H19Cl2NO3S/c1-11-9-13(19)17(20)16-14(10-25(23,24)18(11)16)21-8-7-15(22)12-5-3-2-4-6-12/h2-6,9,14-15,21-22H,7-8,10H2,1H3. The fraction of sp³-hybridized carbons (Fsp3) is 0.333. The van der Waals surface area contributed by atoms with Crippen LogP contribution in [0.3, 0.4) is 0 Å². The number of rotatable bonds is 5. The van der Waals surface area contributed by atoms with Gasteiger partial charge in [0.2, 0.25) is 0 Å². The maximum Gasteiger partial charge on any atom is 0.180 e. The second-order valence-corrected chi connectivity index (χ2v) is 8.99. The van der Waals surface area contributed by atoms with E-state index in [4.69, 9.17) is 23.2 Å². The first-order chi connectivity index (χ1) is 11.8. The number of hydrogen-bond donors (Lipinski definition) is 2. The van der Waals surface area contributed by atoms with Crippen LogP contribution in [-0.4, -0.2) is 25.8 Å². The monoisotopic (exact) mass is 399 g/mol. The molecule has 2 aromatic carbocycles. The SMILES string of the molecule is Cc1cc(Cl)c(Cl)c2c1S(=O)(=O)CC2NCCC(O)c1ccccc1. The van der Waals surface area contributed by atoms with Gasteiger partial charge in [0.15, 0.2) is 9.84 Å². The summed E-state index contributed by atoms with van der Waals surface area (Å²) in [7, 11) is -3.40. The van der Waals surface area contributed by atoms with E-state index in [9.17, 15) is 13.5 Å². The molecule has 2 unspecified atom stereocenters. The third kappa shape index (κ3) is 3.71. The molecule has 0 fully saturated rings. The summed E-state index contributed by atoms with van der Waals surface area (Å²) in [4.78, 5) is 0.281. The van der Waals surface area contributed by atoms with Crippen molar-refractivity contribution in [2.45, 2.75) is 30.4 Å². The highest BCUT2D eigenvalue weighted by Crippen LogP contribution is 2.43. The van der Waals surface area contributed by atoms with Crippen LogP contribution in [0, 0.1) is 6.92 Å². The molecule has 1 aliphatic rings. The van der Waals surface area contributed by atoms with Crippen LogP contribution in [0.2, 0.25) is 10.0 Å². The van der Waals surface area contributed by atoms with E-state index in [1.165, 1.54) is 0 Å². The van der Waals surface area contributed by atoms with Gasteiger partial charge in [-0.1, -0.05) is 53.5 Å². The van der Waals surface area contributed by atoms with Gasteiger partial charge < -0.3 is 10.4 Å². The van der Waals surface area contributed by atoms with Gasteiger partial charge in [-0.15, -0.1) is 0 Å². The predicted molar refractivity (Wildman–Crippen MR) is 100 cm³/mol. The Morgan fingerprint density at radius 1 is 1.28 bits per heavy atom. The Labute approximate surface area is 157 Å². The number of nitrogens with one attached hydrogen (secondary N) is 1. The van der Waals surface area contributed by atoms with Gasteiger partial charge in [-0.3, -0.25) is 0 Å². The number of aliphatic hydroxyl groups is 1. The molecule has 0 bridgehead atoms. The van der Waals surface area contributed by atoms with Crippen molar-refractivity contribution in [3.8, 4) is 0 Å². The lowest BCUT2D eigenvalue weighted by Gasteiger charge is -2.17. The van der Waals surface area contributed by atoms with E-state index in [1.807, 2.05) is 30.3 Å². The summed E-state index contributed by atoms with van der Waals surface area (Å²) in [6.45, 7) is 2.18. The van der Waals surface area contributed by atoms with Gasteiger partial charge in [0.1, 0.15) is 0 Å². The minimum absolute atomic E-state index is 0.0509. The Bertz CT molecular complexity index is 885. The van der Waals surface area contributed by atoms with E-state index in [2.05, 4.69) is 5.32 Å². The van der Waals surface area contributed by atoms with Crippen molar-refractivity contribution in [3.05, 3.63) is 63.1 Å². The zero-order chi connectivity index (χ0) is 18.2. The van der Waals surface area contributed by atoms with E-state index >= 15 is 0 Å². The van der Waals surface area contributed by atoms with Crippen LogP contribution in [0.1, 0.15) is 35.3 Å². The maximum atomic E-state index is 12.5. The average molecular weight is 400 g/mol. The van der Waals surface area contributed by atoms with Crippen molar-refractivity contribution in [1.82, 2.24) is 5.32 Å². The summed E-state index contributed by atoms with van der Waals surface area (Å²) in [6, 6.07) is 10.5. The first kappa shape index (κ1) is 18.7. The minimum Gasteiger partial charge on any atom is -0.388 e. The maximum absolute atomic E-state index is 12.5. The molecule has 0 saturated carbocycles. The lowest BCUT2D eigenvalue weighted by Crippen LogP contribution is -2.25. The van der Waals surface area contributed by atoms with Gasteiger partial charge in [0, 0.05) is 11.6 Å². The minimum atomic E-state index is -3.40. The number of halogens is 2. The summed E-state index contributed by atoms with van der Waals surface area (Å²) in [5.41, 5.74) is 1.99. The fourth-order valence-corrected chi connectivity index (χ4v) is 5.89. The molecule has 0 aromatic heterocycles. The zero-order valence-electron chi connectivity index (χ0n) is 13.7. The summed E-state index contributed by atoms with van der Waals surface area (Å²) in [5.74, 6) is -0.0509. The molecule has 0 radical (unpaired) electrons. The molecular formula is C18H19Cl2NO3S. The van der Waals surface area contributed by atoms with Crippen molar-refractivity contribution in [2.75, 3.05) is 12.3 Å². The highest BCUT2D eigenvalue weighted by atomic mass is 35.5. The molecule has 0 spiro atoms. The Balaban J connectivity index is 1.76. The predicted octanol–water partition coefficient (Wildman–Crippen LogP) is 3.84. The molecule has 2 atom stereocenters. The zero-order valence-corrected chi connectivity index (χ0v) is 16.0. The van der Waals surface area contributed by atoms with Gasteiger partial charge in [-0.25, -0.2) is 8.42 Å². The fourth-order valence-electron chi connectivity index (χ4n) is 3.27. The molecule has 0 amide bonds. The van der Waals surface area contributed by atoms with E-state index in [-0.39, 0.29) is 15.7 Å². The number of fused-ring (bicyclic) bond motifs is 1. The summed E-state index contributed by atoms with van der Waals surface area (Å²) >= 11 is 12.4. The van der Waals surface area contributed by atoms with Gasteiger partial charge in [0.05, 0.1) is 26.8 Å². The van der Waals surface area contributed by atoms with Crippen LogP contribution in [0.5, 0.6) is 0 Å². The van der Waals surface area contributed by atoms with Crippen molar-refractivity contribution >= 4 is 33.0 Å². The molecule has 3 rings (SSSR count). The van der Waals surface area contributed by atoms with Crippen LogP contribution in [0.4, 0.5) is 0 Å². The van der Waals surface area contributed by atoms with Crippen LogP contribution in [-0.2, 0) is 9.84 Å². The molecule has 134 valence electrons. The number of aliphatic hydroxyl groups excluding tert-OH is 1. The van der Waals surface area contributed by atoms with Crippen molar-refractivity contribution < 1.29 is 13.5 Å². The molecule has 1 heterocycles. The van der Waals surface area contributed by atoms with Gasteiger partial charge in [0.25, 0.3) is 0 Å². The lowest BCUT2D eigenvalue weighted by atomic mass is 10.0. The summed E-state index contributed by atoms with van der Waals surface area (Å²) in [5, 5.41) is 14.1. The van der Waals surface area contributed by atoms with E-state index in [0.29, 0.717) is 29.1 Å². The van der Waals surface area contributed by atoms with Crippen LogP contribution in [0.15, 0.2) is 41.3 Å². The third-order valence-corrected chi connectivity index (χ3v) is 7.17. The van der Waals surface area contributed by atoms with Crippen LogP contribution >= 0.6 is 23.2 Å². The normalized spacial score (nSPS) is 19.6. The lowest BCUT2D eigenvalue weighted by molar-refractivity contribution is 0.166. The van der Waals surface area contributed by atoms with E-state index < -0.39 is 22.0 Å². The second kappa shape index (κ2) is 7.25. The molecule has 4 nitrogen and oxygen atoms in total. The quantitative estimate of drug-likeness (QED) is 0.801. The van der Waals surface area contributed by atoms with Crippen molar-refractivity contribution in [2.24, 2.45) is 0 Å². The van der Waals surface area contributed by atoms with E-state index in [0.717, 1.165) is 5.56 Å². The number of sulfone groups is 1. The molecular weight excluding hydrogens is 381 g/mol. The molecule has 25 heavy (non-hydrogen) atoms. The number of hydrogen-bond acceptors (Lipinski definition) is 4. The van der Waals surface area contributed by atoms with Crippen molar-refractivity contribution in [1.29, 1.82) is 0 Å². The summed E-state index contributed by atoms with van der Waals surface area (Å²) in [6.07, 6.45) is -0.143.